The number of fused-ring (bicyclic) bond motifs is 1. The summed E-state index contributed by atoms with van der Waals surface area (Å²) >= 11 is 0. The van der Waals surface area contributed by atoms with Crippen molar-refractivity contribution >= 4 is 0 Å². The molecule has 0 saturated heterocycles. The molecule has 0 aromatic carbocycles. The Morgan fingerprint density at radius 1 is 1.25 bits per heavy atom. The van der Waals surface area contributed by atoms with Gasteiger partial charge in [0.05, 0.1) is 5.69 Å². The minimum atomic E-state index is 0.332. The Morgan fingerprint density at radius 3 is 2.75 bits per heavy atom. The summed E-state index contributed by atoms with van der Waals surface area (Å²) in [5.74, 6) is 2.04. The van der Waals surface area contributed by atoms with Crippen LogP contribution < -0.4 is 5.73 Å². The van der Waals surface area contributed by atoms with Crippen molar-refractivity contribution in [3.05, 3.63) is 17.2 Å². The Bertz CT molecular complexity index is 388. The molecule has 2 N–H and O–H groups in total. The first kappa shape index (κ1) is 10.3. The lowest BCUT2D eigenvalue weighted by molar-refractivity contribution is 0.551. The van der Waals surface area contributed by atoms with Crippen molar-refractivity contribution in [3.8, 4) is 0 Å². The number of hydrogen-bond donors (Lipinski definition) is 1. The molecule has 0 radical (unpaired) electrons. The largest absolute Gasteiger partial charge is 0.335 e. The molecule has 1 aromatic heterocycles. The van der Waals surface area contributed by atoms with Crippen molar-refractivity contribution in [3.63, 3.8) is 0 Å². The van der Waals surface area contributed by atoms with Gasteiger partial charge in [-0.25, -0.2) is 4.98 Å². The van der Waals surface area contributed by atoms with Gasteiger partial charge in [0.2, 0.25) is 0 Å². The molecule has 16 heavy (non-hydrogen) atoms. The van der Waals surface area contributed by atoms with E-state index in [0.717, 1.165) is 19.3 Å². The lowest BCUT2D eigenvalue weighted by Crippen LogP contribution is -2.28. The van der Waals surface area contributed by atoms with E-state index in [9.17, 15) is 0 Å². The molecule has 2 aliphatic carbocycles. The van der Waals surface area contributed by atoms with Crippen molar-refractivity contribution in [2.24, 2.45) is 12.8 Å². The van der Waals surface area contributed by atoms with Crippen LogP contribution >= 0.6 is 0 Å². The lowest BCUT2D eigenvalue weighted by Gasteiger charge is -2.18. The van der Waals surface area contributed by atoms with Gasteiger partial charge in [0.1, 0.15) is 5.82 Å². The van der Waals surface area contributed by atoms with Crippen LogP contribution in [0.15, 0.2) is 0 Å². The Labute approximate surface area is 97.0 Å². The van der Waals surface area contributed by atoms with Gasteiger partial charge in [-0.15, -0.1) is 0 Å². The Morgan fingerprint density at radius 2 is 2.00 bits per heavy atom. The van der Waals surface area contributed by atoms with Gasteiger partial charge in [-0.3, -0.25) is 0 Å². The van der Waals surface area contributed by atoms with Gasteiger partial charge < -0.3 is 10.3 Å². The van der Waals surface area contributed by atoms with Crippen LogP contribution in [-0.2, 0) is 19.9 Å². The number of aromatic nitrogens is 2. The lowest BCUT2D eigenvalue weighted by atomic mass is 9.97. The highest BCUT2D eigenvalue weighted by molar-refractivity contribution is 5.23. The molecule has 3 rings (SSSR count). The molecule has 2 aliphatic rings. The highest BCUT2D eigenvalue weighted by atomic mass is 15.1. The van der Waals surface area contributed by atoms with Gasteiger partial charge in [-0.1, -0.05) is 12.8 Å². The topological polar surface area (TPSA) is 43.8 Å². The van der Waals surface area contributed by atoms with Gasteiger partial charge in [-0.05, 0) is 25.7 Å². The van der Waals surface area contributed by atoms with E-state index < -0.39 is 0 Å². The summed E-state index contributed by atoms with van der Waals surface area (Å²) in [4.78, 5) is 4.87. The van der Waals surface area contributed by atoms with Crippen LogP contribution in [-0.4, -0.2) is 15.6 Å². The minimum Gasteiger partial charge on any atom is -0.335 e. The molecule has 1 atom stereocenters. The van der Waals surface area contributed by atoms with E-state index >= 15 is 0 Å². The van der Waals surface area contributed by atoms with E-state index in [1.807, 2.05) is 0 Å². The fourth-order valence-corrected chi connectivity index (χ4v) is 3.31. The summed E-state index contributed by atoms with van der Waals surface area (Å²) in [6.07, 6.45) is 8.63. The van der Waals surface area contributed by atoms with Gasteiger partial charge in [0, 0.05) is 31.1 Å². The van der Waals surface area contributed by atoms with Gasteiger partial charge in [0.15, 0.2) is 0 Å². The fraction of sp³-hybridized carbons (Fsp3) is 0.769. The average Bonchev–Trinajstić information content (AvgIpc) is 2.86. The minimum absolute atomic E-state index is 0.332. The highest BCUT2D eigenvalue weighted by Crippen LogP contribution is 2.35. The van der Waals surface area contributed by atoms with Crippen LogP contribution in [0.2, 0.25) is 0 Å². The molecule has 1 unspecified atom stereocenters. The maximum atomic E-state index is 6.01. The maximum Gasteiger partial charge on any atom is 0.112 e. The number of nitrogens with two attached hydrogens (primary N) is 1. The van der Waals surface area contributed by atoms with Crippen molar-refractivity contribution in [2.45, 2.75) is 56.9 Å². The van der Waals surface area contributed by atoms with Crippen molar-refractivity contribution < 1.29 is 0 Å². The second-order valence-corrected chi connectivity index (χ2v) is 5.41. The van der Waals surface area contributed by atoms with Crippen LogP contribution in [0, 0.1) is 0 Å². The van der Waals surface area contributed by atoms with Crippen LogP contribution in [0.4, 0.5) is 0 Å². The molecule has 88 valence electrons. The monoisotopic (exact) mass is 219 g/mol. The third-order valence-electron chi connectivity index (χ3n) is 4.26. The summed E-state index contributed by atoms with van der Waals surface area (Å²) in [6.45, 7) is 0. The molecule has 0 amide bonds. The standard InChI is InChI=1S/C13H21N3/c1-16-12-7-6-10(14)8-11(12)15-13(16)9-4-2-3-5-9/h9-10H,2-8,14H2,1H3. The highest BCUT2D eigenvalue weighted by Gasteiger charge is 2.27. The maximum absolute atomic E-state index is 6.01. The molecule has 1 aromatic rings. The Balaban J connectivity index is 1.95. The molecule has 1 fully saturated rings. The second-order valence-electron chi connectivity index (χ2n) is 5.41. The summed E-state index contributed by atoms with van der Waals surface area (Å²) in [6, 6.07) is 0.332. The summed E-state index contributed by atoms with van der Waals surface area (Å²) < 4.78 is 2.36. The van der Waals surface area contributed by atoms with E-state index in [2.05, 4.69) is 11.6 Å². The zero-order valence-corrected chi connectivity index (χ0v) is 10.1. The molecule has 1 saturated carbocycles. The van der Waals surface area contributed by atoms with Gasteiger partial charge in [0.25, 0.3) is 0 Å². The number of imidazole rings is 1. The number of hydrogen-bond acceptors (Lipinski definition) is 2. The molecular formula is C13H21N3. The van der Waals surface area contributed by atoms with Crippen LogP contribution in [0.25, 0.3) is 0 Å². The molecule has 0 bridgehead atoms. The van der Waals surface area contributed by atoms with Crippen LogP contribution in [0.5, 0.6) is 0 Å². The number of nitrogens with zero attached hydrogens (tertiary/aromatic N) is 2. The van der Waals surface area contributed by atoms with E-state index in [4.69, 9.17) is 10.7 Å². The summed E-state index contributed by atoms with van der Waals surface area (Å²) in [7, 11) is 2.19. The normalized spacial score (nSPS) is 26.0. The first-order valence-corrected chi connectivity index (χ1v) is 6.55. The van der Waals surface area contributed by atoms with Crippen molar-refractivity contribution in [2.75, 3.05) is 0 Å². The smallest absolute Gasteiger partial charge is 0.112 e. The van der Waals surface area contributed by atoms with E-state index in [1.165, 1.54) is 42.9 Å². The first-order chi connectivity index (χ1) is 7.75. The zero-order chi connectivity index (χ0) is 11.1. The van der Waals surface area contributed by atoms with E-state index in [1.54, 1.807) is 0 Å². The second kappa shape index (κ2) is 3.88. The van der Waals surface area contributed by atoms with Gasteiger partial charge >= 0.3 is 0 Å². The van der Waals surface area contributed by atoms with Crippen LogP contribution in [0.3, 0.4) is 0 Å². The zero-order valence-electron chi connectivity index (χ0n) is 10.1. The van der Waals surface area contributed by atoms with Crippen molar-refractivity contribution in [1.29, 1.82) is 0 Å². The summed E-state index contributed by atoms with van der Waals surface area (Å²) in [5, 5.41) is 0. The molecular weight excluding hydrogens is 198 g/mol. The quantitative estimate of drug-likeness (QED) is 0.784. The Hall–Kier alpha value is -0.830. The molecule has 0 aliphatic heterocycles. The van der Waals surface area contributed by atoms with Gasteiger partial charge in [-0.2, -0.15) is 0 Å². The first-order valence-electron chi connectivity index (χ1n) is 6.55. The SMILES string of the molecule is Cn1c(C2CCCC2)nc2c1CCC(N)C2. The van der Waals surface area contributed by atoms with E-state index in [0.29, 0.717) is 12.0 Å². The fourth-order valence-electron chi connectivity index (χ4n) is 3.31. The molecule has 0 spiro atoms. The third kappa shape index (κ3) is 1.58. The predicted octanol–water partition coefficient (Wildman–Crippen LogP) is 1.89. The van der Waals surface area contributed by atoms with Crippen LogP contribution in [0.1, 0.15) is 55.2 Å². The Kier molecular flexibility index (Phi) is 2.51. The van der Waals surface area contributed by atoms with E-state index in [-0.39, 0.29) is 0 Å². The molecule has 1 heterocycles. The third-order valence-corrected chi connectivity index (χ3v) is 4.26. The average molecular weight is 219 g/mol. The summed E-state index contributed by atoms with van der Waals surface area (Å²) in [5.41, 5.74) is 8.74. The molecule has 3 heteroatoms. The number of rotatable bonds is 1. The predicted molar refractivity (Wildman–Crippen MR) is 64.4 cm³/mol. The molecule has 3 nitrogen and oxygen atoms in total. The van der Waals surface area contributed by atoms with Crippen molar-refractivity contribution in [1.82, 2.24) is 9.55 Å².